The second-order valence-electron chi connectivity index (χ2n) is 7.64. The Labute approximate surface area is 149 Å². The van der Waals surface area contributed by atoms with E-state index in [9.17, 15) is 10.2 Å². The van der Waals surface area contributed by atoms with Crippen molar-refractivity contribution in [3.05, 3.63) is 70.8 Å². The fourth-order valence-corrected chi connectivity index (χ4v) is 5.10. The van der Waals surface area contributed by atoms with E-state index in [4.69, 9.17) is 0 Å². The van der Waals surface area contributed by atoms with Crippen LogP contribution < -0.4 is 0 Å². The molecule has 2 heteroatoms. The van der Waals surface area contributed by atoms with E-state index < -0.39 is 0 Å². The average Bonchev–Trinajstić information content (AvgIpc) is 2.63. The van der Waals surface area contributed by atoms with Crippen molar-refractivity contribution in [3.8, 4) is 5.75 Å². The Morgan fingerprint density at radius 1 is 1.16 bits per heavy atom. The zero-order valence-corrected chi connectivity index (χ0v) is 14.8. The zero-order chi connectivity index (χ0) is 17.4. The molecule has 0 radical (unpaired) electrons. The molecule has 0 amide bonds. The van der Waals surface area contributed by atoms with Crippen molar-refractivity contribution >= 4 is 6.08 Å². The van der Waals surface area contributed by atoms with Gasteiger partial charge in [0.2, 0.25) is 0 Å². The Balaban J connectivity index is 1.78. The van der Waals surface area contributed by atoms with Crippen LogP contribution in [0.5, 0.6) is 5.75 Å². The molecule has 0 saturated heterocycles. The maximum Gasteiger partial charge on any atom is 0.115 e. The number of aryl methyl sites for hydroxylation is 1. The molecule has 2 aromatic carbocycles. The summed E-state index contributed by atoms with van der Waals surface area (Å²) in [5.74, 6) is 0.872. The van der Waals surface area contributed by atoms with Crippen LogP contribution in [0.3, 0.4) is 0 Å². The fourth-order valence-electron chi connectivity index (χ4n) is 5.10. The van der Waals surface area contributed by atoms with Crippen LogP contribution in [0.25, 0.3) is 6.08 Å². The smallest absolute Gasteiger partial charge is 0.115 e. The molecule has 0 bridgehead atoms. The minimum Gasteiger partial charge on any atom is -0.508 e. The normalized spacial score (nSPS) is 29.9. The van der Waals surface area contributed by atoms with Crippen LogP contribution in [-0.4, -0.2) is 16.3 Å². The lowest BCUT2D eigenvalue weighted by atomic mass is 9.54. The van der Waals surface area contributed by atoms with Crippen molar-refractivity contribution in [1.82, 2.24) is 0 Å². The third-order valence-electron chi connectivity index (χ3n) is 6.41. The van der Waals surface area contributed by atoms with Gasteiger partial charge in [-0.1, -0.05) is 49.4 Å². The minimum atomic E-state index is -0.344. The number of benzene rings is 2. The van der Waals surface area contributed by atoms with Crippen LogP contribution in [0.1, 0.15) is 49.3 Å². The maximum atomic E-state index is 10.8. The molecule has 3 atom stereocenters. The second-order valence-corrected chi connectivity index (χ2v) is 7.64. The molecule has 2 N–H and O–H groups in total. The monoisotopic (exact) mass is 334 g/mol. The molecule has 1 fully saturated rings. The first-order chi connectivity index (χ1) is 12.1. The SMILES string of the molecule is CCC12C/C(=C\c3ccccc3)C(O)CC1CCc1cc(O)ccc12. The topological polar surface area (TPSA) is 40.5 Å². The van der Waals surface area contributed by atoms with Gasteiger partial charge < -0.3 is 10.2 Å². The molecule has 2 nitrogen and oxygen atoms in total. The Morgan fingerprint density at radius 2 is 1.96 bits per heavy atom. The molecule has 0 spiro atoms. The summed E-state index contributed by atoms with van der Waals surface area (Å²) in [6, 6.07) is 16.2. The Morgan fingerprint density at radius 3 is 2.72 bits per heavy atom. The molecule has 2 aromatic rings. The summed E-state index contributed by atoms with van der Waals surface area (Å²) in [7, 11) is 0. The third-order valence-corrected chi connectivity index (χ3v) is 6.41. The van der Waals surface area contributed by atoms with E-state index in [1.807, 2.05) is 30.3 Å². The van der Waals surface area contributed by atoms with Crippen molar-refractivity contribution < 1.29 is 10.2 Å². The Bertz CT molecular complexity index is 793. The zero-order valence-electron chi connectivity index (χ0n) is 14.8. The van der Waals surface area contributed by atoms with E-state index in [2.05, 4.69) is 31.2 Å². The molecule has 0 heterocycles. The highest BCUT2D eigenvalue weighted by atomic mass is 16.3. The van der Waals surface area contributed by atoms with Crippen molar-refractivity contribution in [2.75, 3.05) is 0 Å². The van der Waals surface area contributed by atoms with Crippen molar-refractivity contribution in [2.45, 2.75) is 50.5 Å². The number of aliphatic hydroxyl groups excluding tert-OH is 1. The lowest BCUT2D eigenvalue weighted by Crippen LogP contribution is -2.45. The Hall–Kier alpha value is -2.06. The van der Waals surface area contributed by atoms with Crippen molar-refractivity contribution in [2.24, 2.45) is 5.92 Å². The van der Waals surface area contributed by atoms with Gasteiger partial charge in [0.25, 0.3) is 0 Å². The van der Waals surface area contributed by atoms with Gasteiger partial charge in [-0.2, -0.15) is 0 Å². The summed E-state index contributed by atoms with van der Waals surface area (Å²) in [5, 5.41) is 20.6. The summed E-state index contributed by atoms with van der Waals surface area (Å²) in [6.07, 6.45) is 6.74. The number of rotatable bonds is 2. The number of aromatic hydroxyl groups is 1. The van der Waals surface area contributed by atoms with Gasteiger partial charge in [0, 0.05) is 5.41 Å². The van der Waals surface area contributed by atoms with Crippen LogP contribution >= 0.6 is 0 Å². The highest BCUT2D eigenvalue weighted by Crippen LogP contribution is 2.54. The fraction of sp³-hybridized carbons (Fsp3) is 0.391. The molecular formula is C23H26O2. The van der Waals surface area contributed by atoms with E-state index in [0.717, 1.165) is 43.2 Å². The molecule has 2 aliphatic rings. The van der Waals surface area contributed by atoms with E-state index in [1.54, 1.807) is 0 Å². The molecule has 0 aliphatic heterocycles. The second kappa shape index (κ2) is 6.34. The van der Waals surface area contributed by atoms with Crippen LogP contribution in [0, 0.1) is 5.92 Å². The van der Waals surface area contributed by atoms with Crippen molar-refractivity contribution in [1.29, 1.82) is 0 Å². The molecule has 1 saturated carbocycles. The summed E-state index contributed by atoms with van der Waals surface area (Å²) in [6.45, 7) is 2.27. The number of aliphatic hydroxyl groups is 1. The number of hydrogen-bond acceptors (Lipinski definition) is 2. The molecule has 4 rings (SSSR count). The van der Waals surface area contributed by atoms with Gasteiger partial charge >= 0.3 is 0 Å². The van der Waals surface area contributed by atoms with Gasteiger partial charge in [-0.15, -0.1) is 0 Å². The predicted molar refractivity (Wildman–Crippen MR) is 102 cm³/mol. The largest absolute Gasteiger partial charge is 0.508 e. The van der Waals surface area contributed by atoms with E-state index in [0.29, 0.717) is 11.7 Å². The first-order valence-electron chi connectivity index (χ1n) is 9.38. The van der Waals surface area contributed by atoms with Gasteiger partial charge in [0.15, 0.2) is 0 Å². The summed E-state index contributed by atoms with van der Waals surface area (Å²) < 4.78 is 0. The van der Waals surface area contributed by atoms with E-state index in [1.165, 1.54) is 11.1 Å². The first-order valence-corrected chi connectivity index (χ1v) is 9.38. The molecular weight excluding hydrogens is 308 g/mol. The van der Waals surface area contributed by atoms with Crippen LogP contribution in [0.4, 0.5) is 0 Å². The third kappa shape index (κ3) is 2.79. The van der Waals surface area contributed by atoms with E-state index in [-0.39, 0.29) is 11.5 Å². The van der Waals surface area contributed by atoms with Gasteiger partial charge in [0.1, 0.15) is 5.75 Å². The van der Waals surface area contributed by atoms with Gasteiger partial charge in [-0.3, -0.25) is 0 Å². The average molecular weight is 334 g/mol. The Kier molecular flexibility index (Phi) is 4.16. The standard InChI is InChI=1S/C23H26O2/c1-2-23-15-18(12-16-6-4-3-5-7-16)22(25)14-19(23)9-8-17-13-20(24)10-11-21(17)23/h3-7,10-13,19,22,24-25H,2,8-9,14-15H2,1H3/b18-12+. The number of phenolic OH excluding ortho intramolecular Hbond substituents is 1. The highest BCUT2D eigenvalue weighted by Gasteiger charge is 2.47. The maximum absolute atomic E-state index is 10.8. The van der Waals surface area contributed by atoms with Crippen LogP contribution in [0.2, 0.25) is 0 Å². The van der Waals surface area contributed by atoms with Gasteiger partial charge in [-0.25, -0.2) is 0 Å². The number of fused-ring (bicyclic) bond motifs is 3. The van der Waals surface area contributed by atoms with Crippen LogP contribution in [0.15, 0.2) is 54.1 Å². The van der Waals surface area contributed by atoms with Crippen molar-refractivity contribution in [3.63, 3.8) is 0 Å². The first kappa shape index (κ1) is 16.4. The highest BCUT2D eigenvalue weighted by molar-refractivity contribution is 5.56. The summed E-state index contributed by atoms with van der Waals surface area (Å²) in [5.41, 5.74) is 5.05. The molecule has 0 aromatic heterocycles. The minimum absolute atomic E-state index is 0.0845. The number of phenols is 1. The molecule has 2 aliphatic carbocycles. The summed E-state index contributed by atoms with van der Waals surface area (Å²) in [4.78, 5) is 0. The lowest BCUT2D eigenvalue weighted by molar-refractivity contribution is 0.0823. The summed E-state index contributed by atoms with van der Waals surface area (Å²) >= 11 is 0. The predicted octanol–water partition coefficient (Wildman–Crippen LogP) is 4.84. The van der Waals surface area contributed by atoms with E-state index >= 15 is 0 Å². The number of hydrogen-bond donors (Lipinski definition) is 2. The van der Waals surface area contributed by atoms with Gasteiger partial charge in [0.05, 0.1) is 6.10 Å². The lowest BCUT2D eigenvalue weighted by Gasteiger charge is -2.50. The molecule has 25 heavy (non-hydrogen) atoms. The quantitative estimate of drug-likeness (QED) is 0.825. The molecule has 130 valence electrons. The molecule has 3 unspecified atom stereocenters. The van der Waals surface area contributed by atoms with Gasteiger partial charge in [-0.05, 0) is 72.4 Å². The van der Waals surface area contributed by atoms with Crippen LogP contribution in [-0.2, 0) is 11.8 Å².